The number of H-pyrrole nitrogens is 1. The number of carbonyl (C=O) groups is 1. The van der Waals surface area contributed by atoms with E-state index in [1.807, 2.05) is 18.3 Å². The predicted molar refractivity (Wildman–Crippen MR) is 97.9 cm³/mol. The number of aromatic carboxylic acids is 1. The van der Waals surface area contributed by atoms with E-state index in [0.29, 0.717) is 11.5 Å². The number of rotatable bonds is 7. The van der Waals surface area contributed by atoms with Crippen LogP contribution in [0.15, 0.2) is 30.5 Å². The summed E-state index contributed by atoms with van der Waals surface area (Å²) in [5.41, 5.74) is 2.69. The van der Waals surface area contributed by atoms with Gasteiger partial charge in [-0.25, -0.2) is 9.78 Å². The molecule has 1 unspecified atom stereocenters. The van der Waals surface area contributed by atoms with Crippen LogP contribution in [0.4, 0.5) is 0 Å². The predicted octanol–water partition coefficient (Wildman–Crippen LogP) is 3.83. The lowest BCUT2D eigenvalue weighted by Gasteiger charge is -2.32. The molecule has 3 rings (SSSR count). The zero-order valence-corrected chi connectivity index (χ0v) is 14.9. The first-order valence-electron chi connectivity index (χ1n) is 9.24. The van der Waals surface area contributed by atoms with Gasteiger partial charge in [0.1, 0.15) is 5.82 Å². The number of likely N-dealkylation sites (tertiary alicyclic amines) is 1. The minimum absolute atomic E-state index is 0.378. The molecule has 5 heteroatoms. The van der Waals surface area contributed by atoms with Crippen molar-refractivity contribution in [3.8, 4) is 0 Å². The van der Waals surface area contributed by atoms with E-state index in [9.17, 15) is 9.90 Å². The van der Waals surface area contributed by atoms with Gasteiger partial charge in [-0.2, -0.15) is 0 Å². The van der Waals surface area contributed by atoms with Gasteiger partial charge in [0.2, 0.25) is 0 Å². The van der Waals surface area contributed by atoms with Crippen molar-refractivity contribution in [2.45, 2.75) is 51.5 Å². The maximum atomic E-state index is 11.2. The maximum Gasteiger partial charge on any atom is 0.335 e. The molecule has 134 valence electrons. The average molecular weight is 341 g/mol. The number of imidazole rings is 1. The highest BCUT2D eigenvalue weighted by molar-refractivity contribution is 5.87. The van der Waals surface area contributed by atoms with Crippen molar-refractivity contribution in [2.24, 2.45) is 0 Å². The van der Waals surface area contributed by atoms with Crippen LogP contribution < -0.4 is 0 Å². The lowest BCUT2D eigenvalue weighted by molar-refractivity contribution is 0.0696. The van der Waals surface area contributed by atoms with E-state index in [1.54, 1.807) is 6.07 Å². The van der Waals surface area contributed by atoms with Gasteiger partial charge in [-0.05, 0) is 49.4 Å². The molecular weight excluding hydrogens is 314 g/mol. The topological polar surface area (TPSA) is 69.2 Å². The molecular formula is C20H27N3O2. The summed E-state index contributed by atoms with van der Waals surface area (Å²) in [7, 11) is 0. The monoisotopic (exact) mass is 341 g/mol. The zero-order chi connectivity index (χ0) is 17.6. The van der Waals surface area contributed by atoms with E-state index in [2.05, 4.69) is 27.9 Å². The van der Waals surface area contributed by atoms with E-state index in [1.165, 1.54) is 18.5 Å². The normalized spacial score (nSPS) is 18.4. The average Bonchev–Trinajstić information content (AvgIpc) is 3.07. The third kappa shape index (κ3) is 4.69. The van der Waals surface area contributed by atoms with Gasteiger partial charge in [-0.15, -0.1) is 0 Å². The van der Waals surface area contributed by atoms with Crippen LogP contribution in [0, 0.1) is 0 Å². The number of piperidine rings is 1. The number of benzene rings is 1. The molecule has 0 aliphatic carbocycles. The molecule has 1 aliphatic rings. The molecule has 1 aliphatic heterocycles. The van der Waals surface area contributed by atoms with Gasteiger partial charge in [0.05, 0.1) is 5.56 Å². The number of aromatic nitrogens is 2. The van der Waals surface area contributed by atoms with Crippen LogP contribution in [0.25, 0.3) is 0 Å². The number of carboxylic acids is 1. The Morgan fingerprint density at radius 2 is 2.32 bits per heavy atom. The second kappa shape index (κ2) is 8.30. The van der Waals surface area contributed by atoms with Crippen molar-refractivity contribution < 1.29 is 9.90 Å². The summed E-state index contributed by atoms with van der Waals surface area (Å²) in [6, 6.07) is 7.40. The number of hydrogen-bond acceptors (Lipinski definition) is 3. The second-order valence-corrected chi connectivity index (χ2v) is 6.96. The van der Waals surface area contributed by atoms with E-state index in [0.717, 1.165) is 50.3 Å². The lowest BCUT2D eigenvalue weighted by Crippen LogP contribution is -2.34. The third-order valence-corrected chi connectivity index (χ3v) is 4.95. The van der Waals surface area contributed by atoms with E-state index >= 15 is 0 Å². The number of aromatic amines is 1. The second-order valence-electron chi connectivity index (χ2n) is 6.96. The summed E-state index contributed by atoms with van der Waals surface area (Å²) in [4.78, 5) is 21.6. The van der Waals surface area contributed by atoms with Crippen LogP contribution in [0.2, 0.25) is 0 Å². The third-order valence-electron chi connectivity index (χ3n) is 4.95. The number of aryl methyl sites for hydroxylation is 1. The molecule has 5 nitrogen and oxygen atoms in total. The summed E-state index contributed by atoms with van der Waals surface area (Å²) < 4.78 is 0. The van der Waals surface area contributed by atoms with E-state index < -0.39 is 5.97 Å². The van der Waals surface area contributed by atoms with Crippen molar-refractivity contribution in [1.29, 1.82) is 0 Å². The molecule has 1 aromatic carbocycles. The van der Waals surface area contributed by atoms with Gasteiger partial charge in [0, 0.05) is 31.4 Å². The first-order valence-corrected chi connectivity index (χ1v) is 9.24. The molecule has 0 amide bonds. The maximum absolute atomic E-state index is 11.2. The van der Waals surface area contributed by atoms with Gasteiger partial charge >= 0.3 is 5.97 Å². The Morgan fingerprint density at radius 3 is 3.12 bits per heavy atom. The summed E-state index contributed by atoms with van der Waals surface area (Å²) in [6.07, 6.45) is 7.57. The molecule has 1 fully saturated rings. The quantitative estimate of drug-likeness (QED) is 0.803. The minimum Gasteiger partial charge on any atom is -0.478 e. The van der Waals surface area contributed by atoms with Gasteiger partial charge in [-0.3, -0.25) is 4.90 Å². The highest BCUT2D eigenvalue weighted by Crippen LogP contribution is 2.28. The fourth-order valence-corrected chi connectivity index (χ4v) is 3.60. The number of carboxylic acid groups (broad SMARTS) is 1. The Morgan fingerprint density at radius 1 is 1.44 bits per heavy atom. The Bertz CT molecular complexity index is 710. The van der Waals surface area contributed by atoms with Crippen LogP contribution in [0.5, 0.6) is 0 Å². The molecule has 0 spiro atoms. The molecule has 2 N–H and O–H groups in total. The molecule has 0 bridgehead atoms. The van der Waals surface area contributed by atoms with Crippen LogP contribution in [-0.2, 0) is 13.0 Å². The first kappa shape index (κ1) is 17.7. The molecule has 1 aromatic heterocycles. The van der Waals surface area contributed by atoms with Gasteiger partial charge in [0.25, 0.3) is 0 Å². The fourth-order valence-electron chi connectivity index (χ4n) is 3.60. The zero-order valence-electron chi connectivity index (χ0n) is 14.9. The fraction of sp³-hybridized carbons (Fsp3) is 0.500. The Balaban J connectivity index is 1.62. The molecule has 2 aromatic rings. The molecule has 0 radical (unpaired) electrons. The van der Waals surface area contributed by atoms with Crippen LogP contribution in [0.3, 0.4) is 0 Å². The van der Waals surface area contributed by atoms with Gasteiger partial charge in [0.15, 0.2) is 0 Å². The summed E-state index contributed by atoms with van der Waals surface area (Å²) in [5, 5.41) is 9.20. The lowest BCUT2D eigenvalue weighted by atomic mass is 9.89. The van der Waals surface area contributed by atoms with Crippen LogP contribution >= 0.6 is 0 Å². The smallest absolute Gasteiger partial charge is 0.335 e. The Labute approximate surface area is 149 Å². The highest BCUT2D eigenvalue weighted by Gasteiger charge is 2.22. The number of unbranched alkanes of at least 4 members (excludes halogenated alkanes) is 1. The van der Waals surface area contributed by atoms with Crippen molar-refractivity contribution in [1.82, 2.24) is 14.9 Å². The molecule has 25 heavy (non-hydrogen) atoms. The van der Waals surface area contributed by atoms with Crippen molar-refractivity contribution in [2.75, 3.05) is 13.1 Å². The van der Waals surface area contributed by atoms with Crippen LogP contribution in [-0.4, -0.2) is 39.0 Å². The van der Waals surface area contributed by atoms with Gasteiger partial charge in [-0.1, -0.05) is 25.5 Å². The minimum atomic E-state index is -0.855. The van der Waals surface area contributed by atoms with Crippen molar-refractivity contribution in [3.05, 3.63) is 53.1 Å². The van der Waals surface area contributed by atoms with Gasteiger partial charge < -0.3 is 10.1 Å². The number of hydrogen-bond donors (Lipinski definition) is 2. The van der Waals surface area contributed by atoms with Crippen molar-refractivity contribution >= 4 is 5.97 Å². The largest absolute Gasteiger partial charge is 0.478 e. The summed E-state index contributed by atoms with van der Waals surface area (Å²) in [5.74, 6) is 0.627. The number of nitrogens with one attached hydrogen (secondary N) is 1. The summed E-state index contributed by atoms with van der Waals surface area (Å²) >= 11 is 0. The van der Waals surface area contributed by atoms with Crippen molar-refractivity contribution in [3.63, 3.8) is 0 Å². The van der Waals surface area contributed by atoms with E-state index in [-0.39, 0.29) is 0 Å². The molecule has 2 heterocycles. The number of nitrogens with zero attached hydrogens (tertiary/aromatic N) is 2. The molecule has 1 atom stereocenters. The SMILES string of the molecule is CCCCc1ncc(CN2CCCC(c3cccc(C(=O)O)c3)C2)[nH]1. The summed E-state index contributed by atoms with van der Waals surface area (Å²) in [6.45, 7) is 5.12. The first-order chi connectivity index (χ1) is 12.2. The Kier molecular flexibility index (Phi) is 5.87. The molecule has 1 saturated heterocycles. The Hall–Kier alpha value is -2.14. The molecule has 0 saturated carbocycles. The standard InChI is InChI=1S/C20H27N3O2/c1-2-3-9-19-21-12-18(22-19)14-23-10-5-8-17(13-23)15-6-4-7-16(11-15)20(24)25/h4,6-7,11-12,17H,2-3,5,8-10,13-14H2,1H3,(H,21,22)(H,24,25). The van der Waals surface area contributed by atoms with E-state index in [4.69, 9.17) is 0 Å². The highest BCUT2D eigenvalue weighted by atomic mass is 16.4. The van der Waals surface area contributed by atoms with Crippen LogP contribution in [0.1, 0.15) is 66.0 Å².